The number of aryl methyl sites for hydroxylation is 1. The molecule has 0 radical (unpaired) electrons. The molecule has 7 heteroatoms. The number of nitrogens with zero attached hydrogens (tertiary/aromatic N) is 4. The van der Waals surface area contributed by atoms with Crippen LogP contribution < -0.4 is 10.1 Å². The number of ether oxygens (including phenoxy) is 2. The summed E-state index contributed by atoms with van der Waals surface area (Å²) in [5.41, 5.74) is 2.27. The number of hydrogen-bond acceptors (Lipinski definition) is 4. The van der Waals surface area contributed by atoms with Crippen LogP contribution in [0.1, 0.15) is 37.0 Å². The van der Waals surface area contributed by atoms with Gasteiger partial charge in [0.05, 0.1) is 26.0 Å². The molecule has 3 rings (SSSR count). The summed E-state index contributed by atoms with van der Waals surface area (Å²) in [7, 11) is 3.74. The maximum Gasteiger partial charge on any atom is 0.194 e. The molecule has 28 heavy (non-hydrogen) atoms. The van der Waals surface area contributed by atoms with Crippen LogP contribution in [0, 0.1) is 0 Å². The Morgan fingerprint density at radius 1 is 1.43 bits per heavy atom. The van der Waals surface area contributed by atoms with Gasteiger partial charge in [0.2, 0.25) is 0 Å². The monoisotopic (exact) mass is 385 g/mol. The Bertz CT molecular complexity index is 774. The van der Waals surface area contributed by atoms with E-state index in [-0.39, 0.29) is 6.10 Å². The molecule has 1 aromatic heterocycles. The summed E-state index contributed by atoms with van der Waals surface area (Å²) in [6.07, 6.45) is 6.10. The van der Waals surface area contributed by atoms with Gasteiger partial charge in [-0.3, -0.25) is 9.67 Å². The molecule has 1 aliphatic heterocycles. The molecule has 0 aliphatic carbocycles. The number of morpholine rings is 1. The summed E-state index contributed by atoms with van der Waals surface area (Å²) >= 11 is 0. The van der Waals surface area contributed by atoms with Crippen LogP contribution in [-0.4, -0.2) is 54.0 Å². The Labute approximate surface area is 167 Å². The SMILES string of the molecule is CCCCOc1cccc(CNC(=NC)N2CCOC(c3cnn(C)c3)C2)c1. The molecule has 1 aromatic carbocycles. The van der Waals surface area contributed by atoms with E-state index in [2.05, 4.69) is 39.4 Å². The first-order chi connectivity index (χ1) is 13.7. The minimum Gasteiger partial charge on any atom is -0.494 e. The van der Waals surface area contributed by atoms with E-state index in [0.29, 0.717) is 13.2 Å². The van der Waals surface area contributed by atoms with E-state index in [1.165, 1.54) is 5.56 Å². The fraction of sp³-hybridized carbons (Fsp3) is 0.524. The van der Waals surface area contributed by atoms with Crippen LogP contribution in [0.2, 0.25) is 0 Å². The molecule has 0 bridgehead atoms. The summed E-state index contributed by atoms with van der Waals surface area (Å²) in [5.74, 6) is 1.81. The molecule has 1 atom stereocenters. The van der Waals surface area contributed by atoms with Crippen molar-refractivity contribution in [1.29, 1.82) is 0 Å². The lowest BCUT2D eigenvalue weighted by Crippen LogP contribution is -2.47. The highest BCUT2D eigenvalue weighted by molar-refractivity contribution is 5.80. The first-order valence-corrected chi connectivity index (χ1v) is 9.97. The summed E-state index contributed by atoms with van der Waals surface area (Å²) in [6, 6.07) is 8.24. The Morgan fingerprint density at radius 3 is 3.07 bits per heavy atom. The van der Waals surface area contributed by atoms with E-state index in [1.54, 1.807) is 4.68 Å². The van der Waals surface area contributed by atoms with Crippen LogP contribution in [-0.2, 0) is 18.3 Å². The van der Waals surface area contributed by atoms with Gasteiger partial charge >= 0.3 is 0 Å². The Kier molecular flexibility index (Phi) is 7.31. The highest BCUT2D eigenvalue weighted by Gasteiger charge is 2.25. The second-order valence-corrected chi connectivity index (χ2v) is 7.00. The van der Waals surface area contributed by atoms with Gasteiger partial charge < -0.3 is 19.7 Å². The third-order valence-electron chi connectivity index (χ3n) is 4.79. The van der Waals surface area contributed by atoms with Crippen molar-refractivity contribution in [2.24, 2.45) is 12.0 Å². The Morgan fingerprint density at radius 2 is 2.32 bits per heavy atom. The molecule has 2 heterocycles. The van der Waals surface area contributed by atoms with Crippen molar-refractivity contribution in [3.8, 4) is 5.75 Å². The van der Waals surface area contributed by atoms with Gasteiger partial charge in [-0.2, -0.15) is 5.10 Å². The lowest BCUT2D eigenvalue weighted by atomic mass is 10.1. The van der Waals surface area contributed by atoms with Crippen LogP contribution in [0.15, 0.2) is 41.7 Å². The highest BCUT2D eigenvalue weighted by atomic mass is 16.5. The molecular weight excluding hydrogens is 354 g/mol. The molecule has 1 unspecified atom stereocenters. The van der Waals surface area contributed by atoms with Crippen LogP contribution in [0.5, 0.6) is 5.75 Å². The molecule has 0 saturated carbocycles. The number of aromatic nitrogens is 2. The topological polar surface area (TPSA) is 63.9 Å². The van der Waals surface area contributed by atoms with Gasteiger partial charge in [-0.15, -0.1) is 0 Å². The number of nitrogens with one attached hydrogen (secondary N) is 1. The predicted octanol–water partition coefficient (Wildman–Crippen LogP) is 2.75. The van der Waals surface area contributed by atoms with Crippen LogP contribution >= 0.6 is 0 Å². The van der Waals surface area contributed by atoms with Gasteiger partial charge in [-0.25, -0.2) is 0 Å². The predicted molar refractivity (Wildman–Crippen MR) is 111 cm³/mol. The highest BCUT2D eigenvalue weighted by Crippen LogP contribution is 2.21. The van der Waals surface area contributed by atoms with Crippen molar-refractivity contribution in [3.63, 3.8) is 0 Å². The third-order valence-corrected chi connectivity index (χ3v) is 4.79. The molecule has 0 amide bonds. The van der Waals surface area contributed by atoms with Crippen molar-refractivity contribution >= 4 is 5.96 Å². The van der Waals surface area contributed by atoms with Crippen molar-refractivity contribution in [2.75, 3.05) is 33.4 Å². The average Bonchev–Trinajstić information content (AvgIpc) is 3.16. The molecule has 1 saturated heterocycles. The largest absolute Gasteiger partial charge is 0.494 e. The van der Waals surface area contributed by atoms with Crippen LogP contribution in [0.3, 0.4) is 0 Å². The zero-order valence-corrected chi connectivity index (χ0v) is 17.1. The molecular formula is C21H31N5O2. The van der Waals surface area contributed by atoms with Crippen molar-refractivity contribution in [1.82, 2.24) is 20.0 Å². The van der Waals surface area contributed by atoms with Gasteiger partial charge in [-0.1, -0.05) is 25.5 Å². The fourth-order valence-corrected chi connectivity index (χ4v) is 3.24. The number of guanidine groups is 1. The second-order valence-electron chi connectivity index (χ2n) is 7.00. The molecule has 2 aromatic rings. The van der Waals surface area contributed by atoms with Crippen molar-refractivity contribution in [2.45, 2.75) is 32.4 Å². The summed E-state index contributed by atoms with van der Waals surface area (Å²) in [6.45, 7) is 5.87. The quantitative estimate of drug-likeness (QED) is 0.451. The first-order valence-electron chi connectivity index (χ1n) is 9.97. The normalized spacial score (nSPS) is 17.6. The van der Waals surface area contributed by atoms with Crippen LogP contribution in [0.25, 0.3) is 0 Å². The minimum absolute atomic E-state index is 0.0105. The molecule has 152 valence electrons. The van der Waals surface area contributed by atoms with Gasteiger partial charge in [0.1, 0.15) is 11.9 Å². The fourth-order valence-electron chi connectivity index (χ4n) is 3.24. The standard InChI is InChI=1S/C21H31N5O2/c1-4-5-10-27-19-8-6-7-17(12-19)13-23-21(22-2)26-9-11-28-20(16-26)18-14-24-25(3)15-18/h6-8,12,14-15,20H,4-5,9-11,13,16H2,1-3H3,(H,22,23). The summed E-state index contributed by atoms with van der Waals surface area (Å²) in [4.78, 5) is 6.71. The first kappa shape index (κ1) is 20.2. The molecule has 1 N–H and O–H groups in total. The van der Waals surface area contributed by atoms with Crippen molar-refractivity contribution in [3.05, 3.63) is 47.8 Å². The molecule has 1 fully saturated rings. The van der Waals surface area contributed by atoms with E-state index >= 15 is 0 Å². The van der Waals surface area contributed by atoms with Gasteiger partial charge in [0.25, 0.3) is 0 Å². The van der Waals surface area contributed by atoms with E-state index in [4.69, 9.17) is 9.47 Å². The summed E-state index contributed by atoms with van der Waals surface area (Å²) in [5, 5.41) is 7.72. The Hall–Kier alpha value is -2.54. The number of rotatable bonds is 7. The summed E-state index contributed by atoms with van der Waals surface area (Å²) < 4.78 is 13.5. The average molecular weight is 386 g/mol. The molecule has 7 nitrogen and oxygen atoms in total. The van der Waals surface area contributed by atoms with Crippen molar-refractivity contribution < 1.29 is 9.47 Å². The second kappa shape index (κ2) is 10.1. The maximum absolute atomic E-state index is 5.93. The maximum atomic E-state index is 5.93. The van der Waals surface area contributed by atoms with Gasteiger partial charge in [0.15, 0.2) is 5.96 Å². The number of hydrogen-bond donors (Lipinski definition) is 1. The lowest BCUT2D eigenvalue weighted by molar-refractivity contribution is -0.00805. The minimum atomic E-state index is 0.0105. The molecule has 1 aliphatic rings. The van der Waals surface area contributed by atoms with E-state index < -0.39 is 0 Å². The van der Waals surface area contributed by atoms with Crippen LogP contribution in [0.4, 0.5) is 0 Å². The third kappa shape index (κ3) is 5.48. The zero-order chi connectivity index (χ0) is 19.8. The zero-order valence-electron chi connectivity index (χ0n) is 17.1. The van der Waals surface area contributed by atoms with E-state index in [9.17, 15) is 0 Å². The van der Waals surface area contributed by atoms with E-state index in [0.717, 1.165) is 49.8 Å². The van der Waals surface area contributed by atoms with Gasteiger partial charge in [-0.05, 0) is 24.1 Å². The van der Waals surface area contributed by atoms with Gasteiger partial charge in [0, 0.05) is 38.9 Å². The lowest BCUT2D eigenvalue weighted by Gasteiger charge is -2.34. The number of benzene rings is 1. The molecule has 0 spiro atoms. The van der Waals surface area contributed by atoms with E-state index in [1.807, 2.05) is 38.6 Å². The Balaban J connectivity index is 1.56. The number of aliphatic imine (C=N–C) groups is 1. The number of unbranched alkanes of at least 4 members (excludes halogenated alkanes) is 1. The smallest absolute Gasteiger partial charge is 0.194 e.